The van der Waals surface area contributed by atoms with Crippen molar-refractivity contribution in [2.45, 2.75) is 38.1 Å². The molecule has 0 unspecified atom stereocenters. The Morgan fingerprint density at radius 2 is 2.22 bits per heavy atom. The fourth-order valence-corrected chi connectivity index (χ4v) is 2.75. The quantitative estimate of drug-likeness (QED) is 0.477. The van der Waals surface area contributed by atoms with Gasteiger partial charge in [0.15, 0.2) is 0 Å². The molecular formula is C13H17ClN2O2. The van der Waals surface area contributed by atoms with Crippen LogP contribution in [0.3, 0.4) is 0 Å². The van der Waals surface area contributed by atoms with Crippen LogP contribution in [0, 0.1) is 10.1 Å². The van der Waals surface area contributed by atoms with E-state index in [9.17, 15) is 10.1 Å². The van der Waals surface area contributed by atoms with Gasteiger partial charge in [-0.1, -0.05) is 6.07 Å². The van der Waals surface area contributed by atoms with Gasteiger partial charge in [0, 0.05) is 24.0 Å². The molecule has 0 amide bonds. The second-order valence-electron chi connectivity index (χ2n) is 5.28. The van der Waals surface area contributed by atoms with Crippen LogP contribution in [0.2, 0.25) is 0 Å². The summed E-state index contributed by atoms with van der Waals surface area (Å²) in [7, 11) is 0. The van der Waals surface area contributed by atoms with Crippen LogP contribution in [-0.2, 0) is 5.88 Å². The first-order valence-electron chi connectivity index (χ1n) is 6.06. The van der Waals surface area contributed by atoms with Crippen molar-refractivity contribution in [1.82, 2.24) is 0 Å². The maximum atomic E-state index is 11.2. The Labute approximate surface area is 112 Å². The maximum Gasteiger partial charge on any atom is 0.292 e. The van der Waals surface area contributed by atoms with Gasteiger partial charge in [0.2, 0.25) is 0 Å². The molecule has 18 heavy (non-hydrogen) atoms. The molecule has 1 saturated heterocycles. The van der Waals surface area contributed by atoms with Crippen molar-refractivity contribution < 1.29 is 4.92 Å². The fraction of sp³-hybridized carbons (Fsp3) is 0.538. The number of hydrogen-bond acceptors (Lipinski definition) is 3. The first-order chi connectivity index (χ1) is 8.45. The van der Waals surface area contributed by atoms with Gasteiger partial charge in [-0.2, -0.15) is 0 Å². The van der Waals surface area contributed by atoms with Crippen LogP contribution in [0.1, 0.15) is 32.3 Å². The molecule has 1 aliphatic rings. The third-order valence-corrected chi connectivity index (χ3v) is 3.89. The van der Waals surface area contributed by atoms with Crippen LogP contribution in [-0.4, -0.2) is 17.0 Å². The zero-order valence-corrected chi connectivity index (χ0v) is 11.4. The lowest BCUT2D eigenvalue weighted by Gasteiger charge is -2.33. The van der Waals surface area contributed by atoms with E-state index in [0.29, 0.717) is 11.6 Å². The predicted octanol–water partition coefficient (Wildman–Crippen LogP) is 3.71. The Bertz CT molecular complexity index is 474. The summed E-state index contributed by atoms with van der Waals surface area (Å²) in [6.07, 6.45) is 2.13. The van der Waals surface area contributed by atoms with Crippen LogP contribution >= 0.6 is 11.6 Å². The topological polar surface area (TPSA) is 46.4 Å². The van der Waals surface area contributed by atoms with E-state index in [1.165, 1.54) is 0 Å². The van der Waals surface area contributed by atoms with Crippen LogP contribution in [0.15, 0.2) is 18.2 Å². The van der Waals surface area contributed by atoms with E-state index >= 15 is 0 Å². The minimum atomic E-state index is -0.320. The normalized spacial score (nSPS) is 18.1. The molecule has 1 aliphatic heterocycles. The molecule has 0 aliphatic carbocycles. The van der Waals surface area contributed by atoms with E-state index in [1.54, 1.807) is 6.07 Å². The molecule has 0 aromatic heterocycles. The monoisotopic (exact) mass is 268 g/mol. The highest BCUT2D eigenvalue weighted by atomic mass is 35.5. The summed E-state index contributed by atoms with van der Waals surface area (Å²) in [5.41, 5.74) is 1.62. The number of benzene rings is 1. The van der Waals surface area contributed by atoms with Gasteiger partial charge in [-0.3, -0.25) is 10.1 Å². The number of rotatable bonds is 3. The zero-order valence-electron chi connectivity index (χ0n) is 10.6. The molecular weight excluding hydrogens is 252 g/mol. The van der Waals surface area contributed by atoms with Crippen LogP contribution in [0.4, 0.5) is 11.4 Å². The molecule has 0 radical (unpaired) electrons. The molecule has 4 nitrogen and oxygen atoms in total. The van der Waals surface area contributed by atoms with Crippen molar-refractivity contribution in [3.8, 4) is 0 Å². The lowest BCUT2D eigenvalue weighted by Crippen LogP contribution is -2.38. The molecule has 0 spiro atoms. The van der Waals surface area contributed by atoms with Crippen LogP contribution in [0.5, 0.6) is 0 Å². The van der Waals surface area contributed by atoms with Gasteiger partial charge in [-0.15, -0.1) is 11.6 Å². The van der Waals surface area contributed by atoms with E-state index in [2.05, 4.69) is 18.7 Å². The molecule has 1 heterocycles. The summed E-state index contributed by atoms with van der Waals surface area (Å²) in [5.74, 6) is 0.296. The molecule has 0 bridgehead atoms. The molecule has 1 fully saturated rings. The van der Waals surface area contributed by atoms with Crippen molar-refractivity contribution >= 4 is 23.0 Å². The summed E-state index contributed by atoms with van der Waals surface area (Å²) in [4.78, 5) is 13.0. The molecule has 0 saturated carbocycles. The first kappa shape index (κ1) is 13.1. The van der Waals surface area contributed by atoms with Crippen molar-refractivity contribution in [2.24, 2.45) is 0 Å². The van der Waals surface area contributed by atoms with Gasteiger partial charge in [-0.05, 0) is 38.3 Å². The lowest BCUT2D eigenvalue weighted by molar-refractivity contribution is -0.384. The number of nitro benzene ring substituents is 1. The van der Waals surface area contributed by atoms with Crippen molar-refractivity contribution in [3.05, 3.63) is 33.9 Å². The van der Waals surface area contributed by atoms with E-state index in [1.807, 2.05) is 12.1 Å². The molecule has 1 aromatic carbocycles. The third kappa shape index (κ3) is 2.29. The van der Waals surface area contributed by atoms with Crippen molar-refractivity contribution in [3.63, 3.8) is 0 Å². The van der Waals surface area contributed by atoms with Gasteiger partial charge < -0.3 is 4.90 Å². The summed E-state index contributed by atoms with van der Waals surface area (Å²) in [6.45, 7) is 5.12. The van der Waals surface area contributed by atoms with E-state index in [-0.39, 0.29) is 16.1 Å². The molecule has 98 valence electrons. The average molecular weight is 269 g/mol. The number of nitro groups is 1. The molecule has 1 aromatic rings. The highest BCUT2D eigenvalue weighted by Gasteiger charge is 2.35. The number of hydrogen-bond donors (Lipinski definition) is 0. The lowest BCUT2D eigenvalue weighted by atomic mass is 10.0. The smallest absolute Gasteiger partial charge is 0.292 e. The molecule has 0 atom stereocenters. The molecule has 5 heteroatoms. The zero-order chi connectivity index (χ0) is 13.3. The minimum Gasteiger partial charge on any atom is -0.361 e. The number of halogens is 1. The standard InChI is InChI=1S/C13H17ClN2O2/c1-13(2)6-3-7-15(13)11-5-4-10(9-14)8-12(11)16(17)18/h4-5,8H,3,6-7,9H2,1-2H3. The summed E-state index contributed by atoms with van der Waals surface area (Å²) in [5, 5.41) is 11.2. The van der Waals surface area contributed by atoms with Crippen molar-refractivity contribution in [2.75, 3.05) is 11.4 Å². The second kappa shape index (κ2) is 4.76. The summed E-state index contributed by atoms with van der Waals surface area (Å²) < 4.78 is 0. The SMILES string of the molecule is CC1(C)CCCN1c1ccc(CCl)cc1[N+](=O)[O-]. The average Bonchev–Trinajstić information content (AvgIpc) is 2.68. The number of nitrogens with zero attached hydrogens (tertiary/aromatic N) is 2. The largest absolute Gasteiger partial charge is 0.361 e. The number of alkyl halides is 1. The molecule has 2 rings (SSSR count). The van der Waals surface area contributed by atoms with Gasteiger partial charge >= 0.3 is 0 Å². The molecule has 0 N–H and O–H groups in total. The van der Waals surface area contributed by atoms with E-state index in [4.69, 9.17) is 11.6 Å². The minimum absolute atomic E-state index is 0.0206. The Hall–Kier alpha value is -1.29. The van der Waals surface area contributed by atoms with E-state index in [0.717, 1.165) is 24.9 Å². The van der Waals surface area contributed by atoms with Gasteiger partial charge in [0.05, 0.1) is 4.92 Å². The van der Waals surface area contributed by atoms with Gasteiger partial charge in [-0.25, -0.2) is 0 Å². The van der Waals surface area contributed by atoms with Gasteiger partial charge in [0.25, 0.3) is 5.69 Å². The van der Waals surface area contributed by atoms with Gasteiger partial charge in [0.1, 0.15) is 5.69 Å². The first-order valence-corrected chi connectivity index (χ1v) is 6.60. The Morgan fingerprint density at radius 3 is 2.72 bits per heavy atom. The summed E-state index contributed by atoms with van der Waals surface area (Å²) in [6, 6.07) is 5.27. The Balaban J connectivity index is 2.47. The highest BCUT2D eigenvalue weighted by molar-refractivity contribution is 6.17. The van der Waals surface area contributed by atoms with E-state index < -0.39 is 0 Å². The van der Waals surface area contributed by atoms with Crippen LogP contribution < -0.4 is 4.90 Å². The highest BCUT2D eigenvalue weighted by Crippen LogP contribution is 2.39. The predicted molar refractivity (Wildman–Crippen MR) is 73.3 cm³/mol. The fourth-order valence-electron chi connectivity index (χ4n) is 2.58. The third-order valence-electron chi connectivity index (χ3n) is 3.58. The Kier molecular flexibility index (Phi) is 3.48. The number of anilines is 1. The van der Waals surface area contributed by atoms with Crippen molar-refractivity contribution in [1.29, 1.82) is 0 Å². The maximum absolute atomic E-state index is 11.2. The Morgan fingerprint density at radius 1 is 1.50 bits per heavy atom. The summed E-state index contributed by atoms with van der Waals surface area (Å²) >= 11 is 5.74. The second-order valence-corrected chi connectivity index (χ2v) is 5.55. The van der Waals surface area contributed by atoms with Crippen LogP contribution in [0.25, 0.3) is 0 Å².